The van der Waals surface area contributed by atoms with Crippen LogP contribution in [0.5, 0.6) is 0 Å². The molecule has 4 rings (SSSR count). The summed E-state index contributed by atoms with van der Waals surface area (Å²) in [6.45, 7) is 1.65. The van der Waals surface area contributed by atoms with Crippen LogP contribution in [-0.4, -0.2) is 43.8 Å². The van der Waals surface area contributed by atoms with Crippen LogP contribution in [0.25, 0.3) is 0 Å². The predicted molar refractivity (Wildman–Crippen MR) is 102 cm³/mol. The normalized spacial score (nSPS) is 19.0. The van der Waals surface area contributed by atoms with Gasteiger partial charge in [0.05, 0.1) is 18.1 Å². The number of carbonyl (C=O) groups excluding carboxylic acids is 1. The molecule has 2 aromatic heterocycles. The van der Waals surface area contributed by atoms with Crippen molar-refractivity contribution in [1.29, 1.82) is 0 Å². The van der Waals surface area contributed by atoms with Gasteiger partial charge in [0, 0.05) is 43.5 Å². The van der Waals surface area contributed by atoms with Crippen molar-refractivity contribution in [2.24, 2.45) is 5.92 Å². The van der Waals surface area contributed by atoms with E-state index in [0.29, 0.717) is 23.5 Å². The molecular weight excluding hydrogens is 340 g/mol. The van der Waals surface area contributed by atoms with E-state index in [4.69, 9.17) is 4.98 Å². The first-order valence-corrected chi connectivity index (χ1v) is 9.93. The smallest absolute Gasteiger partial charge is 0.225 e. The Morgan fingerprint density at radius 3 is 2.44 bits per heavy atom. The zero-order valence-corrected chi connectivity index (χ0v) is 15.5. The lowest BCUT2D eigenvalue weighted by atomic mass is 9.87. The molecule has 0 radical (unpaired) electrons. The third-order valence-corrected chi connectivity index (χ3v) is 5.65. The van der Waals surface area contributed by atoms with Gasteiger partial charge in [-0.2, -0.15) is 0 Å². The van der Waals surface area contributed by atoms with Crippen LogP contribution in [0.15, 0.2) is 31.0 Å². The van der Waals surface area contributed by atoms with Crippen molar-refractivity contribution >= 4 is 17.5 Å². The topological polar surface area (TPSA) is 83.9 Å². The Morgan fingerprint density at radius 2 is 1.70 bits per heavy atom. The van der Waals surface area contributed by atoms with Crippen molar-refractivity contribution in [1.82, 2.24) is 24.8 Å². The number of hydrogen-bond acceptors (Lipinski definition) is 6. The summed E-state index contributed by atoms with van der Waals surface area (Å²) in [7, 11) is 0. The molecule has 0 unspecified atom stereocenters. The second kappa shape index (κ2) is 8.41. The number of likely N-dealkylation sites (tertiary alicyclic amines) is 1. The third kappa shape index (κ3) is 4.40. The van der Waals surface area contributed by atoms with Crippen LogP contribution in [0.2, 0.25) is 0 Å². The van der Waals surface area contributed by atoms with Crippen molar-refractivity contribution in [3.8, 4) is 0 Å². The van der Waals surface area contributed by atoms with E-state index in [-0.39, 0.29) is 5.92 Å². The Balaban J connectivity index is 1.35. The van der Waals surface area contributed by atoms with Crippen molar-refractivity contribution in [3.05, 3.63) is 36.7 Å². The minimum atomic E-state index is 0.259. The lowest BCUT2D eigenvalue weighted by Crippen LogP contribution is -2.42. The fourth-order valence-corrected chi connectivity index (χ4v) is 4.14. The standard InChI is InChI=1S/C20H26N6O/c27-20(16-4-2-1-3-5-16)26-10-6-15(7-11-26)17-12-22-14-19(24-17)25-18-13-21-8-9-23-18/h8-9,12-16H,1-7,10-11H2,(H,23,24,25). The first-order valence-electron chi connectivity index (χ1n) is 9.93. The molecule has 0 aromatic carbocycles. The highest BCUT2D eigenvalue weighted by molar-refractivity contribution is 5.79. The molecule has 2 aromatic rings. The Bertz CT molecular complexity index is 754. The molecule has 0 bridgehead atoms. The Labute approximate surface area is 159 Å². The van der Waals surface area contributed by atoms with Crippen LogP contribution in [0.4, 0.5) is 11.6 Å². The van der Waals surface area contributed by atoms with Gasteiger partial charge in [-0.25, -0.2) is 9.97 Å². The van der Waals surface area contributed by atoms with Crippen molar-refractivity contribution in [2.75, 3.05) is 18.4 Å². The molecule has 1 amide bonds. The molecule has 2 fully saturated rings. The summed E-state index contributed by atoms with van der Waals surface area (Å²) in [5.41, 5.74) is 0.980. The highest BCUT2D eigenvalue weighted by atomic mass is 16.2. The minimum Gasteiger partial charge on any atom is -0.342 e. The number of nitrogens with one attached hydrogen (secondary N) is 1. The van der Waals surface area contributed by atoms with Crippen molar-refractivity contribution < 1.29 is 4.79 Å². The number of hydrogen-bond donors (Lipinski definition) is 1. The molecule has 1 aliphatic carbocycles. The lowest BCUT2D eigenvalue weighted by Gasteiger charge is -2.35. The summed E-state index contributed by atoms with van der Waals surface area (Å²) in [5, 5.41) is 3.14. The molecule has 0 atom stereocenters. The van der Waals surface area contributed by atoms with Crippen LogP contribution in [0.3, 0.4) is 0 Å². The number of piperidine rings is 1. The van der Waals surface area contributed by atoms with Crippen LogP contribution in [0, 0.1) is 5.92 Å². The quantitative estimate of drug-likeness (QED) is 0.894. The van der Waals surface area contributed by atoms with Gasteiger partial charge in [-0.3, -0.25) is 14.8 Å². The molecule has 2 aliphatic rings. The van der Waals surface area contributed by atoms with Gasteiger partial charge in [0.15, 0.2) is 0 Å². The summed E-state index contributed by atoms with van der Waals surface area (Å²) in [6.07, 6.45) is 16.2. The van der Waals surface area contributed by atoms with Gasteiger partial charge < -0.3 is 10.2 Å². The number of amides is 1. The Morgan fingerprint density at radius 1 is 0.926 bits per heavy atom. The van der Waals surface area contributed by atoms with E-state index < -0.39 is 0 Å². The van der Waals surface area contributed by atoms with E-state index in [1.807, 2.05) is 6.20 Å². The number of rotatable bonds is 4. The summed E-state index contributed by atoms with van der Waals surface area (Å²) in [6, 6.07) is 0. The third-order valence-electron chi connectivity index (χ3n) is 5.65. The van der Waals surface area contributed by atoms with Gasteiger partial charge in [-0.15, -0.1) is 0 Å². The lowest BCUT2D eigenvalue weighted by molar-refractivity contribution is -0.137. The molecule has 1 N–H and O–H groups in total. The van der Waals surface area contributed by atoms with E-state index >= 15 is 0 Å². The average Bonchev–Trinajstić information content (AvgIpc) is 2.75. The van der Waals surface area contributed by atoms with E-state index in [2.05, 4.69) is 25.2 Å². The number of carbonyl (C=O) groups is 1. The molecule has 7 nitrogen and oxygen atoms in total. The largest absolute Gasteiger partial charge is 0.342 e. The maximum Gasteiger partial charge on any atom is 0.225 e. The Hall–Kier alpha value is -2.57. The second-order valence-corrected chi connectivity index (χ2v) is 7.48. The number of anilines is 2. The molecule has 3 heterocycles. The molecule has 27 heavy (non-hydrogen) atoms. The Kier molecular flexibility index (Phi) is 5.55. The summed E-state index contributed by atoms with van der Waals surface area (Å²) < 4.78 is 0. The van der Waals surface area contributed by atoms with Gasteiger partial charge in [-0.05, 0) is 25.7 Å². The summed E-state index contributed by atoms with van der Waals surface area (Å²) in [4.78, 5) is 32.1. The SMILES string of the molecule is O=C(C1CCCCC1)N1CCC(c2cncc(Nc3cnccn3)n2)CC1. The predicted octanol–water partition coefficient (Wildman–Crippen LogP) is 3.30. The molecule has 7 heteroatoms. The van der Waals surface area contributed by atoms with Crippen molar-refractivity contribution in [3.63, 3.8) is 0 Å². The molecule has 0 spiro atoms. The second-order valence-electron chi connectivity index (χ2n) is 7.48. The van der Waals surface area contributed by atoms with E-state index in [1.54, 1.807) is 24.8 Å². The number of nitrogens with zero attached hydrogens (tertiary/aromatic N) is 5. The average molecular weight is 366 g/mol. The molecule has 142 valence electrons. The first kappa shape index (κ1) is 17.8. The zero-order chi connectivity index (χ0) is 18.5. The fourth-order valence-electron chi connectivity index (χ4n) is 4.14. The monoisotopic (exact) mass is 366 g/mol. The van der Waals surface area contributed by atoms with Gasteiger partial charge in [-0.1, -0.05) is 19.3 Å². The van der Waals surface area contributed by atoms with Gasteiger partial charge in [0.1, 0.15) is 11.6 Å². The van der Waals surface area contributed by atoms with Gasteiger partial charge in [0.25, 0.3) is 0 Å². The van der Waals surface area contributed by atoms with Crippen LogP contribution in [-0.2, 0) is 4.79 Å². The van der Waals surface area contributed by atoms with E-state index in [1.165, 1.54) is 19.3 Å². The van der Waals surface area contributed by atoms with Crippen molar-refractivity contribution in [2.45, 2.75) is 50.9 Å². The highest BCUT2D eigenvalue weighted by Gasteiger charge is 2.30. The van der Waals surface area contributed by atoms with Crippen LogP contribution in [0.1, 0.15) is 56.6 Å². The van der Waals surface area contributed by atoms with E-state index in [9.17, 15) is 4.79 Å². The highest BCUT2D eigenvalue weighted by Crippen LogP contribution is 2.30. The van der Waals surface area contributed by atoms with Gasteiger partial charge in [0.2, 0.25) is 5.91 Å². The maximum atomic E-state index is 12.7. The van der Waals surface area contributed by atoms with Crippen LogP contribution < -0.4 is 5.32 Å². The summed E-state index contributed by atoms with van der Waals surface area (Å²) in [5.74, 6) is 2.30. The fraction of sp³-hybridized carbons (Fsp3) is 0.550. The molecule has 1 saturated heterocycles. The molecular formula is C20H26N6O. The molecule has 1 saturated carbocycles. The maximum absolute atomic E-state index is 12.7. The van der Waals surface area contributed by atoms with Crippen LogP contribution >= 0.6 is 0 Å². The van der Waals surface area contributed by atoms with Gasteiger partial charge >= 0.3 is 0 Å². The summed E-state index contributed by atoms with van der Waals surface area (Å²) >= 11 is 0. The minimum absolute atomic E-state index is 0.259. The first-order chi connectivity index (χ1) is 13.3. The zero-order valence-electron chi connectivity index (χ0n) is 15.5. The van der Waals surface area contributed by atoms with E-state index in [0.717, 1.165) is 44.5 Å². The number of aromatic nitrogens is 4. The molecule has 1 aliphatic heterocycles.